The monoisotopic (exact) mass is 386 g/mol. The quantitative estimate of drug-likeness (QED) is 0.830. The van der Waals surface area contributed by atoms with E-state index in [4.69, 9.17) is 0 Å². The van der Waals surface area contributed by atoms with Gasteiger partial charge in [-0.15, -0.1) is 0 Å². The van der Waals surface area contributed by atoms with E-state index < -0.39 is 12.1 Å². The molecule has 0 atom stereocenters. The van der Waals surface area contributed by atoms with E-state index in [9.17, 15) is 22.8 Å². The van der Waals surface area contributed by atoms with E-state index in [1.54, 1.807) is 29.6 Å². The molecule has 2 amide bonds. The number of hydrogen-bond acceptors (Lipinski definition) is 2. The van der Waals surface area contributed by atoms with E-state index in [1.165, 1.54) is 24.3 Å². The lowest BCUT2D eigenvalue weighted by Gasteiger charge is -2.10. The average molecular weight is 387 g/mol. The van der Waals surface area contributed by atoms with Crippen LogP contribution in [-0.2, 0) is 4.79 Å². The minimum Gasteiger partial charge on any atom is -0.322 e. The lowest BCUT2D eigenvalue weighted by atomic mass is 10.2. The number of nitrogens with one attached hydrogen (secondary N) is 2. The van der Waals surface area contributed by atoms with Gasteiger partial charge in [0.2, 0.25) is 0 Å². The molecule has 8 heteroatoms. The molecule has 0 heterocycles. The molecule has 2 aromatic rings. The van der Waals surface area contributed by atoms with Crippen LogP contribution >= 0.6 is 15.9 Å². The van der Waals surface area contributed by atoms with E-state index in [0.29, 0.717) is 15.7 Å². The molecule has 0 fully saturated rings. The Morgan fingerprint density at radius 2 is 1.39 bits per heavy atom. The van der Waals surface area contributed by atoms with Gasteiger partial charge in [-0.1, -0.05) is 12.1 Å². The summed E-state index contributed by atoms with van der Waals surface area (Å²) < 4.78 is 37.0. The normalized spacial score (nSPS) is 11.0. The number of carbonyl (C=O) groups is 2. The van der Waals surface area contributed by atoms with Crippen molar-refractivity contribution < 1.29 is 22.8 Å². The van der Waals surface area contributed by atoms with Crippen LogP contribution < -0.4 is 10.6 Å². The van der Waals surface area contributed by atoms with E-state index in [-0.39, 0.29) is 11.6 Å². The van der Waals surface area contributed by atoms with Crippen molar-refractivity contribution in [3.63, 3.8) is 0 Å². The molecular formula is C15H10BrF3N2O2. The number of carbonyl (C=O) groups excluding carboxylic acids is 2. The number of halogens is 4. The zero-order valence-corrected chi connectivity index (χ0v) is 13.0. The lowest BCUT2D eigenvalue weighted by molar-refractivity contribution is -0.167. The van der Waals surface area contributed by atoms with E-state index >= 15 is 0 Å². The molecule has 0 aromatic heterocycles. The Hall–Kier alpha value is -2.35. The molecule has 0 radical (unpaired) electrons. The Bertz CT molecular complexity index is 730. The molecule has 0 aliphatic carbocycles. The summed E-state index contributed by atoms with van der Waals surface area (Å²) in [5.74, 6) is -2.42. The highest BCUT2D eigenvalue weighted by molar-refractivity contribution is 9.10. The van der Waals surface area contributed by atoms with Crippen molar-refractivity contribution in [2.45, 2.75) is 6.18 Å². The van der Waals surface area contributed by atoms with Crippen LogP contribution in [0.25, 0.3) is 0 Å². The highest BCUT2D eigenvalue weighted by Gasteiger charge is 2.38. The van der Waals surface area contributed by atoms with Gasteiger partial charge < -0.3 is 10.6 Å². The van der Waals surface area contributed by atoms with Crippen molar-refractivity contribution in [2.24, 2.45) is 0 Å². The van der Waals surface area contributed by atoms with Crippen molar-refractivity contribution in [2.75, 3.05) is 10.6 Å². The Labute approximate surface area is 137 Å². The van der Waals surface area contributed by atoms with Gasteiger partial charge in [-0.05, 0) is 52.3 Å². The molecule has 2 aromatic carbocycles. The van der Waals surface area contributed by atoms with Crippen LogP contribution in [0.1, 0.15) is 10.4 Å². The molecule has 23 heavy (non-hydrogen) atoms. The van der Waals surface area contributed by atoms with Gasteiger partial charge in [0.15, 0.2) is 0 Å². The fourth-order valence-electron chi connectivity index (χ4n) is 1.68. The smallest absolute Gasteiger partial charge is 0.322 e. The van der Waals surface area contributed by atoms with Crippen molar-refractivity contribution in [3.8, 4) is 0 Å². The molecule has 0 saturated carbocycles. The summed E-state index contributed by atoms with van der Waals surface area (Å²) in [5, 5.41) is 4.33. The van der Waals surface area contributed by atoms with Crippen LogP contribution in [0.3, 0.4) is 0 Å². The van der Waals surface area contributed by atoms with Gasteiger partial charge in [0.25, 0.3) is 5.91 Å². The molecule has 2 rings (SSSR count). The number of benzene rings is 2. The maximum atomic E-state index is 12.1. The molecule has 4 nitrogen and oxygen atoms in total. The Balaban J connectivity index is 2.05. The van der Waals surface area contributed by atoms with Gasteiger partial charge in [-0.2, -0.15) is 13.2 Å². The molecule has 0 aliphatic rings. The van der Waals surface area contributed by atoms with E-state index in [1.807, 2.05) is 0 Å². The Kier molecular flexibility index (Phi) is 5.05. The molecular weight excluding hydrogens is 377 g/mol. The fraction of sp³-hybridized carbons (Fsp3) is 0.0667. The van der Waals surface area contributed by atoms with Crippen LogP contribution in [0.2, 0.25) is 0 Å². The number of hydrogen-bond donors (Lipinski definition) is 2. The Morgan fingerprint density at radius 1 is 0.870 bits per heavy atom. The predicted molar refractivity (Wildman–Crippen MR) is 83.2 cm³/mol. The van der Waals surface area contributed by atoms with Crippen molar-refractivity contribution >= 4 is 39.1 Å². The second kappa shape index (κ2) is 6.82. The third-order valence-electron chi connectivity index (χ3n) is 2.78. The summed E-state index contributed by atoms with van der Waals surface area (Å²) in [5.41, 5.74) is 0.781. The molecule has 120 valence electrons. The van der Waals surface area contributed by atoms with Crippen LogP contribution in [-0.4, -0.2) is 18.0 Å². The highest BCUT2D eigenvalue weighted by Crippen LogP contribution is 2.21. The predicted octanol–water partition coefficient (Wildman–Crippen LogP) is 4.20. The van der Waals surface area contributed by atoms with Gasteiger partial charge in [0.05, 0.1) is 5.56 Å². The summed E-state index contributed by atoms with van der Waals surface area (Å²) in [4.78, 5) is 22.9. The van der Waals surface area contributed by atoms with Crippen molar-refractivity contribution in [3.05, 3.63) is 58.6 Å². The second-order valence-electron chi connectivity index (χ2n) is 4.46. The summed E-state index contributed by atoms with van der Waals surface area (Å²) in [7, 11) is 0. The summed E-state index contributed by atoms with van der Waals surface area (Å²) in [6.45, 7) is 0. The summed E-state index contributed by atoms with van der Waals surface area (Å²) in [6.07, 6.45) is -4.95. The van der Waals surface area contributed by atoms with Gasteiger partial charge in [0, 0.05) is 15.8 Å². The molecule has 0 unspecified atom stereocenters. The topological polar surface area (TPSA) is 58.2 Å². The number of amides is 2. The van der Waals surface area contributed by atoms with Gasteiger partial charge in [0.1, 0.15) is 0 Å². The first-order valence-corrected chi connectivity index (χ1v) is 7.11. The zero-order chi connectivity index (χ0) is 17.0. The maximum absolute atomic E-state index is 12.1. The minimum atomic E-state index is -4.95. The second-order valence-corrected chi connectivity index (χ2v) is 5.32. The number of rotatable bonds is 3. The van der Waals surface area contributed by atoms with Gasteiger partial charge in [-0.3, -0.25) is 9.59 Å². The van der Waals surface area contributed by atoms with Crippen LogP contribution in [0.4, 0.5) is 24.5 Å². The van der Waals surface area contributed by atoms with E-state index in [2.05, 4.69) is 21.2 Å². The third kappa shape index (κ3) is 4.56. The molecule has 0 saturated heterocycles. The number of anilines is 2. The highest BCUT2D eigenvalue weighted by atomic mass is 79.9. The largest absolute Gasteiger partial charge is 0.471 e. The minimum absolute atomic E-state index is 0.0220. The first kappa shape index (κ1) is 17.0. The first-order chi connectivity index (χ1) is 10.8. The van der Waals surface area contributed by atoms with Crippen LogP contribution in [0.5, 0.6) is 0 Å². The molecule has 0 aliphatic heterocycles. The summed E-state index contributed by atoms with van der Waals surface area (Å²) in [6, 6.07) is 12.1. The standard InChI is InChI=1S/C15H10BrF3N2O2/c16-12-4-2-1-3-11(12)13(22)20-9-5-7-10(8-6-9)21-14(23)15(17,18)19/h1-8H,(H,20,22)(H,21,23). The van der Waals surface area contributed by atoms with Crippen molar-refractivity contribution in [1.29, 1.82) is 0 Å². The van der Waals surface area contributed by atoms with Crippen molar-refractivity contribution in [1.82, 2.24) is 0 Å². The Morgan fingerprint density at radius 3 is 1.91 bits per heavy atom. The molecule has 0 bridgehead atoms. The van der Waals surface area contributed by atoms with E-state index in [0.717, 1.165) is 0 Å². The summed E-state index contributed by atoms with van der Waals surface area (Å²) >= 11 is 3.25. The third-order valence-corrected chi connectivity index (χ3v) is 3.47. The average Bonchev–Trinajstić information content (AvgIpc) is 2.48. The molecule has 0 spiro atoms. The van der Waals surface area contributed by atoms with Gasteiger partial charge >= 0.3 is 12.1 Å². The van der Waals surface area contributed by atoms with Crippen LogP contribution in [0.15, 0.2) is 53.0 Å². The maximum Gasteiger partial charge on any atom is 0.471 e. The number of alkyl halides is 3. The first-order valence-electron chi connectivity index (χ1n) is 6.31. The lowest BCUT2D eigenvalue weighted by Crippen LogP contribution is -2.29. The fourth-order valence-corrected chi connectivity index (χ4v) is 2.15. The SMILES string of the molecule is O=C(Nc1ccc(NC(=O)C(F)(F)F)cc1)c1ccccc1Br. The zero-order valence-electron chi connectivity index (χ0n) is 11.4. The van der Waals surface area contributed by atoms with Crippen LogP contribution in [0, 0.1) is 0 Å². The molecule has 2 N–H and O–H groups in total. The van der Waals surface area contributed by atoms with Gasteiger partial charge in [-0.25, -0.2) is 0 Å².